The molecule has 0 aliphatic carbocycles. The number of halogens is 1. The van der Waals surface area contributed by atoms with Gasteiger partial charge in [-0.05, 0) is 0 Å². The lowest BCUT2D eigenvalue weighted by molar-refractivity contribution is 0.533. The van der Waals surface area contributed by atoms with E-state index in [1.807, 2.05) is 0 Å². The Bertz CT molecular complexity index is 30.9. The standard InChI is InChI=1S/C4H10FNS/c5-1-3-7-4-2-6/h1-4,6H2. The molecule has 0 aromatic rings. The number of thioether (sulfide) groups is 1. The summed E-state index contributed by atoms with van der Waals surface area (Å²) >= 11 is 1.55. The summed E-state index contributed by atoms with van der Waals surface area (Å²) in [5.74, 6) is 1.47. The third-order valence-electron chi connectivity index (χ3n) is 0.484. The van der Waals surface area contributed by atoms with Gasteiger partial charge >= 0.3 is 0 Å². The van der Waals surface area contributed by atoms with E-state index in [0.717, 1.165) is 5.75 Å². The van der Waals surface area contributed by atoms with Crippen molar-refractivity contribution in [3.63, 3.8) is 0 Å². The second-order valence-electron chi connectivity index (χ2n) is 1.09. The van der Waals surface area contributed by atoms with Crippen LogP contribution in [0.1, 0.15) is 0 Å². The zero-order chi connectivity index (χ0) is 5.54. The van der Waals surface area contributed by atoms with Gasteiger partial charge < -0.3 is 5.73 Å². The predicted octanol–water partition coefficient (Wildman–Crippen LogP) is 0.648. The molecular formula is C4H10FNS. The van der Waals surface area contributed by atoms with E-state index in [0.29, 0.717) is 12.3 Å². The first-order chi connectivity index (χ1) is 3.41. The fourth-order valence-electron chi connectivity index (χ4n) is 0.240. The molecule has 0 saturated heterocycles. The lowest BCUT2D eigenvalue weighted by atomic mass is 10.8. The van der Waals surface area contributed by atoms with Gasteiger partial charge in [0.05, 0.1) is 6.67 Å². The van der Waals surface area contributed by atoms with Gasteiger partial charge in [0.2, 0.25) is 0 Å². The van der Waals surface area contributed by atoms with E-state index < -0.39 is 0 Å². The molecule has 0 aliphatic heterocycles. The molecule has 0 amide bonds. The lowest BCUT2D eigenvalue weighted by Crippen LogP contribution is -2.01. The average Bonchev–Trinajstić information content (AvgIpc) is 1.69. The highest BCUT2D eigenvalue weighted by molar-refractivity contribution is 7.99. The van der Waals surface area contributed by atoms with Crippen LogP contribution in [0.2, 0.25) is 0 Å². The minimum Gasteiger partial charge on any atom is -0.330 e. The fraction of sp³-hybridized carbons (Fsp3) is 1.00. The lowest BCUT2D eigenvalue weighted by Gasteiger charge is -1.90. The Morgan fingerprint density at radius 2 is 2.14 bits per heavy atom. The number of nitrogens with two attached hydrogens (primary N) is 1. The third-order valence-corrected chi connectivity index (χ3v) is 1.45. The molecular weight excluding hydrogens is 113 g/mol. The Morgan fingerprint density at radius 1 is 1.43 bits per heavy atom. The molecule has 0 unspecified atom stereocenters. The quantitative estimate of drug-likeness (QED) is 0.555. The van der Waals surface area contributed by atoms with Crippen molar-refractivity contribution in [1.82, 2.24) is 0 Å². The van der Waals surface area contributed by atoms with Gasteiger partial charge in [0.1, 0.15) is 0 Å². The highest BCUT2D eigenvalue weighted by atomic mass is 32.2. The molecule has 0 radical (unpaired) electrons. The maximum absolute atomic E-state index is 11.3. The Kier molecular flexibility index (Phi) is 6.45. The van der Waals surface area contributed by atoms with E-state index in [1.54, 1.807) is 11.8 Å². The number of alkyl halides is 1. The summed E-state index contributed by atoms with van der Waals surface area (Å²) in [5.41, 5.74) is 5.13. The summed E-state index contributed by atoms with van der Waals surface area (Å²) in [4.78, 5) is 0. The third kappa shape index (κ3) is 6.24. The van der Waals surface area contributed by atoms with Crippen LogP contribution in [-0.4, -0.2) is 24.7 Å². The van der Waals surface area contributed by atoms with Crippen molar-refractivity contribution in [2.24, 2.45) is 5.73 Å². The highest BCUT2D eigenvalue weighted by Crippen LogP contribution is 1.95. The van der Waals surface area contributed by atoms with Crippen LogP contribution in [0.15, 0.2) is 0 Å². The van der Waals surface area contributed by atoms with Crippen LogP contribution in [0.3, 0.4) is 0 Å². The smallest absolute Gasteiger partial charge is 0.0984 e. The average molecular weight is 123 g/mol. The first-order valence-electron chi connectivity index (χ1n) is 2.25. The van der Waals surface area contributed by atoms with Crippen molar-refractivity contribution < 1.29 is 4.39 Å². The van der Waals surface area contributed by atoms with Crippen molar-refractivity contribution in [3.8, 4) is 0 Å². The van der Waals surface area contributed by atoms with Crippen molar-refractivity contribution in [2.75, 3.05) is 24.7 Å². The monoisotopic (exact) mass is 123 g/mol. The van der Waals surface area contributed by atoms with Crippen LogP contribution in [0.4, 0.5) is 4.39 Å². The molecule has 0 saturated carbocycles. The summed E-state index contributed by atoms with van der Waals surface area (Å²) in [6, 6.07) is 0. The highest BCUT2D eigenvalue weighted by Gasteiger charge is 1.81. The molecule has 1 nitrogen and oxygen atoms in total. The number of rotatable bonds is 4. The molecule has 0 fully saturated rings. The predicted molar refractivity (Wildman–Crippen MR) is 32.4 cm³/mol. The number of hydrogen-bond donors (Lipinski definition) is 1. The topological polar surface area (TPSA) is 26.0 Å². The van der Waals surface area contributed by atoms with Crippen LogP contribution in [-0.2, 0) is 0 Å². The van der Waals surface area contributed by atoms with Gasteiger partial charge in [0.15, 0.2) is 0 Å². The van der Waals surface area contributed by atoms with Crippen molar-refractivity contribution >= 4 is 11.8 Å². The molecule has 0 rings (SSSR count). The molecule has 0 atom stereocenters. The SMILES string of the molecule is NCCSCCF. The van der Waals surface area contributed by atoms with Gasteiger partial charge in [-0.2, -0.15) is 11.8 Å². The van der Waals surface area contributed by atoms with Gasteiger partial charge in [0, 0.05) is 18.1 Å². The summed E-state index contributed by atoms with van der Waals surface area (Å²) in [7, 11) is 0. The zero-order valence-electron chi connectivity index (χ0n) is 4.19. The molecule has 0 aromatic heterocycles. The van der Waals surface area contributed by atoms with Gasteiger partial charge in [-0.3, -0.25) is 4.39 Å². The summed E-state index contributed by atoms with van der Waals surface area (Å²) in [6.07, 6.45) is 0. The van der Waals surface area contributed by atoms with E-state index in [1.165, 1.54) is 0 Å². The zero-order valence-corrected chi connectivity index (χ0v) is 5.01. The van der Waals surface area contributed by atoms with E-state index in [-0.39, 0.29) is 6.67 Å². The summed E-state index contributed by atoms with van der Waals surface area (Å²) in [5, 5.41) is 0. The molecule has 0 bridgehead atoms. The minimum absolute atomic E-state index is 0.231. The van der Waals surface area contributed by atoms with Crippen LogP contribution < -0.4 is 5.73 Å². The van der Waals surface area contributed by atoms with Gasteiger partial charge in [-0.15, -0.1) is 0 Å². The molecule has 44 valence electrons. The van der Waals surface area contributed by atoms with Crippen molar-refractivity contribution in [3.05, 3.63) is 0 Å². The van der Waals surface area contributed by atoms with Gasteiger partial charge in [-0.1, -0.05) is 0 Å². The number of hydrogen-bond acceptors (Lipinski definition) is 2. The normalized spacial score (nSPS) is 9.43. The minimum atomic E-state index is -0.231. The molecule has 7 heavy (non-hydrogen) atoms. The molecule has 0 aliphatic rings. The van der Waals surface area contributed by atoms with Gasteiger partial charge in [0.25, 0.3) is 0 Å². The Labute approximate surface area is 47.5 Å². The fourth-order valence-corrected chi connectivity index (χ4v) is 0.720. The van der Waals surface area contributed by atoms with E-state index in [4.69, 9.17) is 5.73 Å². The Balaban J connectivity index is 2.45. The summed E-state index contributed by atoms with van der Waals surface area (Å²) < 4.78 is 11.3. The maximum atomic E-state index is 11.3. The van der Waals surface area contributed by atoms with E-state index >= 15 is 0 Å². The molecule has 0 aromatic carbocycles. The second kappa shape index (κ2) is 6.24. The largest absolute Gasteiger partial charge is 0.330 e. The van der Waals surface area contributed by atoms with E-state index in [9.17, 15) is 4.39 Å². The maximum Gasteiger partial charge on any atom is 0.0984 e. The molecule has 0 heterocycles. The Morgan fingerprint density at radius 3 is 2.57 bits per heavy atom. The van der Waals surface area contributed by atoms with Crippen LogP contribution in [0, 0.1) is 0 Å². The first-order valence-corrected chi connectivity index (χ1v) is 3.41. The van der Waals surface area contributed by atoms with Crippen LogP contribution in [0.5, 0.6) is 0 Å². The first kappa shape index (κ1) is 7.24. The molecule has 0 spiro atoms. The summed E-state index contributed by atoms with van der Waals surface area (Å²) in [6.45, 7) is 0.426. The second-order valence-corrected chi connectivity index (χ2v) is 2.31. The van der Waals surface area contributed by atoms with Crippen molar-refractivity contribution in [1.29, 1.82) is 0 Å². The molecule has 2 N–H and O–H groups in total. The Hall–Kier alpha value is 0.240. The van der Waals surface area contributed by atoms with Crippen LogP contribution >= 0.6 is 11.8 Å². The van der Waals surface area contributed by atoms with Crippen LogP contribution in [0.25, 0.3) is 0 Å². The van der Waals surface area contributed by atoms with Gasteiger partial charge in [-0.25, -0.2) is 0 Å². The molecule has 3 heteroatoms. The van der Waals surface area contributed by atoms with E-state index in [2.05, 4.69) is 0 Å². The van der Waals surface area contributed by atoms with Crippen molar-refractivity contribution in [2.45, 2.75) is 0 Å².